The molecule has 0 radical (unpaired) electrons. The Morgan fingerprint density at radius 3 is 3.07 bits per heavy atom. The molecule has 0 amide bonds. The number of nitrogens with zero attached hydrogens (tertiary/aromatic N) is 3. The van der Waals surface area contributed by atoms with E-state index in [2.05, 4.69) is 30.6 Å². The van der Waals surface area contributed by atoms with Crippen LogP contribution in [0.1, 0.15) is 10.5 Å². The number of aromatic nitrogens is 3. The highest BCUT2D eigenvalue weighted by Gasteiger charge is 2.10. The van der Waals surface area contributed by atoms with Gasteiger partial charge in [0.05, 0.1) is 13.3 Å². The Kier molecular flexibility index (Phi) is 2.20. The molecular weight excluding hydrogens is 250 g/mol. The second-order valence-electron chi connectivity index (χ2n) is 2.59. The average molecular weight is 256 g/mol. The number of carbonyl (C=O) groups is 1. The minimum absolute atomic E-state index is 0.271. The van der Waals surface area contributed by atoms with Gasteiger partial charge in [0.1, 0.15) is 4.60 Å². The first-order chi connectivity index (χ1) is 6.70. The number of carbonyl (C=O) groups excluding carboxylic acids is 1. The third kappa shape index (κ3) is 1.48. The van der Waals surface area contributed by atoms with E-state index in [9.17, 15) is 4.79 Å². The van der Waals surface area contributed by atoms with E-state index in [1.165, 1.54) is 7.11 Å². The predicted molar refractivity (Wildman–Crippen MR) is 52.0 cm³/mol. The molecule has 2 aromatic rings. The predicted octanol–water partition coefficient (Wildman–Crippen LogP) is 1.28. The Balaban J connectivity index is 2.56. The Morgan fingerprint density at radius 2 is 2.36 bits per heavy atom. The lowest BCUT2D eigenvalue weighted by Crippen LogP contribution is -2.00. The highest BCUT2D eigenvalue weighted by atomic mass is 79.9. The zero-order chi connectivity index (χ0) is 10.1. The first-order valence-corrected chi connectivity index (χ1v) is 4.58. The van der Waals surface area contributed by atoms with Crippen molar-refractivity contribution in [3.05, 3.63) is 28.9 Å². The molecule has 0 aliphatic carbocycles. The van der Waals surface area contributed by atoms with E-state index in [0.717, 1.165) is 0 Å². The standard InChI is InChI=1S/C8H6BrN3O2/c1-14-8(13)5-3-12-4-6(9)10-2-7(12)11-5/h2-4H,1H3. The van der Waals surface area contributed by atoms with Crippen LogP contribution in [0.5, 0.6) is 0 Å². The maximum absolute atomic E-state index is 11.1. The minimum Gasteiger partial charge on any atom is -0.464 e. The summed E-state index contributed by atoms with van der Waals surface area (Å²) in [4.78, 5) is 19.2. The van der Waals surface area contributed by atoms with E-state index in [1.807, 2.05) is 0 Å². The Hall–Kier alpha value is -1.43. The molecule has 0 atom stereocenters. The van der Waals surface area contributed by atoms with Gasteiger partial charge in [-0.15, -0.1) is 0 Å². The van der Waals surface area contributed by atoms with Gasteiger partial charge >= 0.3 is 5.97 Å². The number of ether oxygens (including phenoxy) is 1. The van der Waals surface area contributed by atoms with Crippen molar-refractivity contribution in [1.82, 2.24) is 14.4 Å². The Bertz CT molecular complexity index is 494. The molecule has 0 bridgehead atoms. The van der Waals surface area contributed by atoms with Crippen LogP contribution in [0.3, 0.4) is 0 Å². The van der Waals surface area contributed by atoms with E-state index in [1.54, 1.807) is 23.0 Å². The molecule has 0 unspecified atom stereocenters. The topological polar surface area (TPSA) is 56.5 Å². The number of hydrogen-bond acceptors (Lipinski definition) is 4. The molecule has 0 aliphatic heterocycles. The highest BCUT2D eigenvalue weighted by molar-refractivity contribution is 9.10. The number of hydrogen-bond donors (Lipinski definition) is 0. The number of rotatable bonds is 1. The van der Waals surface area contributed by atoms with E-state index in [-0.39, 0.29) is 5.69 Å². The van der Waals surface area contributed by atoms with Gasteiger partial charge in [0.2, 0.25) is 0 Å². The van der Waals surface area contributed by atoms with Gasteiger partial charge in [-0.2, -0.15) is 0 Å². The molecule has 0 aliphatic rings. The number of esters is 1. The SMILES string of the molecule is COC(=O)c1cn2cc(Br)ncc2n1. The maximum Gasteiger partial charge on any atom is 0.358 e. The molecule has 0 fully saturated rings. The number of methoxy groups -OCH3 is 1. The summed E-state index contributed by atoms with van der Waals surface area (Å²) in [6, 6.07) is 0. The third-order valence-electron chi connectivity index (χ3n) is 1.70. The maximum atomic E-state index is 11.1. The van der Waals surface area contributed by atoms with Crippen molar-refractivity contribution >= 4 is 27.5 Å². The summed E-state index contributed by atoms with van der Waals surface area (Å²) in [5, 5.41) is 0. The molecule has 0 aromatic carbocycles. The van der Waals surface area contributed by atoms with Crippen molar-refractivity contribution in [2.45, 2.75) is 0 Å². The van der Waals surface area contributed by atoms with Gasteiger partial charge in [-0.05, 0) is 15.9 Å². The summed E-state index contributed by atoms with van der Waals surface area (Å²) < 4.78 is 6.93. The second kappa shape index (κ2) is 3.38. The van der Waals surface area contributed by atoms with E-state index < -0.39 is 5.97 Å². The molecule has 2 heterocycles. The lowest BCUT2D eigenvalue weighted by Gasteiger charge is -1.90. The van der Waals surface area contributed by atoms with Crippen molar-refractivity contribution in [1.29, 1.82) is 0 Å². The molecular formula is C8H6BrN3O2. The summed E-state index contributed by atoms with van der Waals surface area (Å²) in [7, 11) is 1.32. The quantitative estimate of drug-likeness (QED) is 0.721. The van der Waals surface area contributed by atoms with Crippen LogP contribution in [0, 0.1) is 0 Å². The number of halogens is 1. The fraction of sp³-hybridized carbons (Fsp3) is 0.125. The van der Waals surface area contributed by atoms with Crippen molar-refractivity contribution in [3.63, 3.8) is 0 Å². The Morgan fingerprint density at radius 1 is 1.57 bits per heavy atom. The van der Waals surface area contributed by atoms with Crippen molar-refractivity contribution < 1.29 is 9.53 Å². The van der Waals surface area contributed by atoms with Crippen molar-refractivity contribution in [2.24, 2.45) is 0 Å². The van der Waals surface area contributed by atoms with E-state index >= 15 is 0 Å². The van der Waals surface area contributed by atoms with Crippen LogP contribution in [-0.2, 0) is 4.74 Å². The zero-order valence-electron chi connectivity index (χ0n) is 7.27. The van der Waals surface area contributed by atoms with Crippen LogP contribution in [0.2, 0.25) is 0 Å². The lowest BCUT2D eigenvalue weighted by atomic mass is 10.5. The van der Waals surface area contributed by atoms with Crippen LogP contribution in [0.25, 0.3) is 5.65 Å². The fourth-order valence-corrected chi connectivity index (χ4v) is 1.40. The smallest absolute Gasteiger partial charge is 0.358 e. The summed E-state index contributed by atoms with van der Waals surface area (Å²) >= 11 is 3.22. The summed E-state index contributed by atoms with van der Waals surface area (Å²) in [5.74, 6) is -0.454. The van der Waals surface area contributed by atoms with Crippen LogP contribution >= 0.6 is 15.9 Å². The zero-order valence-corrected chi connectivity index (χ0v) is 8.85. The molecule has 14 heavy (non-hydrogen) atoms. The van der Waals surface area contributed by atoms with Crippen molar-refractivity contribution in [2.75, 3.05) is 7.11 Å². The molecule has 2 aromatic heterocycles. The van der Waals surface area contributed by atoms with Crippen LogP contribution in [-0.4, -0.2) is 27.4 Å². The monoisotopic (exact) mass is 255 g/mol. The van der Waals surface area contributed by atoms with Crippen LogP contribution < -0.4 is 0 Å². The molecule has 72 valence electrons. The van der Waals surface area contributed by atoms with E-state index in [0.29, 0.717) is 10.3 Å². The second-order valence-corrected chi connectivity index (χ2v) is 3.41. The van der Waals surface area contributed by atoms with Crippen LogP contribution in [0.4, 0.5) is 0 Å². The van der Waals surface area contributed by atoms with Gasteiger partial charge < -0.3 is 9.14 Å². The molecule has 0 saturated carbocycles. The summed E-state index contributed by atoms with van der Waals surface area (Å²) in [6.07, 6.45) is 4.87. The molecule has 6 heteroatoms. The average Bonchev–Trinajstić information content (AvgIpc) is 2.59. The largest absolute Gasteiger partial charge is 0.464 e. The molecule has 2 rings (SSSR count). The Labute approximate surface area is 87.9 Å². The van der Waals surface area contributed by atoms with Gasteiger partial charge in [0.15, 0.2) is 11.3 Å². The number of fused-ring (bicyclic) bond motifs is 1. The lowest BCUT2D eigenvalue weighted by molar-refractivity contribution is 0.0595. The fourth-order valence-electron chi connectivity index (χ4n) is 1.08. The normalized spacial score (nSPS) is 10.4. The van der Waals surface area contributed by atoms with E-state index in [4.69, 9.17) is 0 Å². The summed E-state index contributed by atoms with van der Waals surface area (Å²) in [5.41, 5.74) is 0.876. The van der Waals surface area contributed by atoms with Crippen LogP contribution in [0.15, 0.2) is 23.2 Å². The van der Waals surface area contributed by atoms with Crippen molar-refractivity contribution in [3.8, 4) is 0 Å². The first-order valence-electron chi connectivity index (χ1n) is 3.79. The minimum atomic E-state index is -0.454. The first kappa shape index (κ1) is 9.14. The molecule has 0 spiro atoms. The molecule has 0 N–H and O–H groups in total. The van der Waals surface area contributed by atoms with Gasteiger partial charge in [-0.1, -0.05) is 0 Å². The van der Waals surface area contributed by atoms with Gasteiger partial charge in [0, 0.05) is 12.4 Å². The summed E-state index contributed by atoms with van der Waals surface area (Å²) in [6.45, 7) is 0. The van der Waals surface area contributed by atoms with Gasteiger partial charge in [-0.25, -0.2) is 14.8 Å². The third-order valence-corrected chi connectivity index (χ3v) is 2.11. The highest BCUT2D eigenvalue weighted by Crippen LogP contribution is 2.09. The molecule has 0 saturated heterocycles. The number of imidazole rings is 1. The molecule has 5 nitrogen and oxygen atoms in total. The van der Waals surface area contributed by atoms with Gasteiger partial charge in [-0.3, -0.25) is 0 Å². The van der Waals surface area contributed by atoms with Gasteiger partial charge in [0.25, 0.3) is 0 Å².